The zero-order valence-corrected chi connectivity index (χ0v) is 14.0. The van der Waals surface area contributed by atoms with Gasteiger partial charge < -0.3 is 9.84 Å². The van der Waals surface area contributed by atoms with Crippen LogP contribution >= 0.6 is 12.4 Å². The SMILES string of the molecule is CNC(C)Cc1noc(-c2nnn(-c3ccccc3)c2C)n1.Cl. The molecule has 3 aromatic rings. The van der Waals surface area contributed by atoms with Crippen LogP contribution in [0.5, 0.6) is 0 Å². The van der Waals surface area contributed by atoms with E-state index in [4.69, 9.17) is 4.52 Å². The molecule has 3 rings (SSSR count). The first-order valence-corrected chi connectivity index (χ1v) is 7.17. The number of hydrogen-bond acceptors (Lipinski definition) is 6. The molecule has 1 N–H and O–H groups in total. The van der Waals surface area contributed by atoms with Gasteiger partial charge in [0.25, 0.3) is 5.89 Å². The predicted octanol–water partition coefficient (Wildman–Crippen LogP) is 2.20. The smallest absolute Gasteiger partial charge is 0.280 e. The first-order valence-electron chi connectivity index (χ1n) is 7.17. The maximum absolute atomic E-state index is 5.32. The van der Waals surface area contributed by atoms with Gasteiger partial charge in [-0.2, -0.15) is 4.98 Å². The Hall–Kier alpha value is -2.25. The maximum atomic E-state index is 5.32. The number of nitrogens with zero attached hydrogens (tertiary/aromatic N) is 5. The lowest BCUT2D eigenvalue weighted by Crippen LogP contribution is -2.24. The average Bonchev–Trinajstić information content (AvgIpc) is 3.14. The van der Waals surface area contributed by atoms with Crippen molar-refractivity contribution in [2.24, 2.45) is 0 Å². The molecule has 1 unspecified atom stereocenters. The number of nitrogens with one attached hydrogen (secondary N) is 1. The van der Waals surface area contributed by atoms with E-state index >= 15 is 0 Å². The van der Waals surface area contributed by atoms with Gasteiger partial charge >= 0.3 is 0 Å². The Kier molecular flexibility index (Phi) is 5.46. The van der Waals surface area contributed by atoms with Gasteiger partial charge in [0.05, 0.1) is 11.4 Å². The molecular formula is C15H19ClN6O. The molecule has 0 aliphatic heterocycles. The molecule has 2 heterocycles. The highest BCUT2D eigenvalue weighted by Gasteiger charge is 2.18. The second-order valence-corrected chi connectivity index (χ2v) is 5.18. The molecule has 23 heavy (non-hydrogen) atoms. The molecule has 0 amide bonds. The second-order valence-electron chi connectivity index (χ2n) is 5.18. The van der Waals surface area contributed by atoms with E-state index in [-0.39, 0.29) is 18.4 Å². The summed E-state index contributed by atoms with van der Waals surface area (Å²) in [6.45, 7) is 4.00. The zero-order chi connectivity index (χ0) is 15.5. The highest BCUT2D eigenvalue weighted by Crippen LogP contribution is 2.21. The number of halogens is 1. The third-order valence-electron chi connectivity index (χ3n) is 3.55. The topological polar surface area (TPSA) is 81.7 Å². The third-order valence-corrected chi connectivity index (χ3v) is 3.55. The van der Waals surface area contributed by atoms with Crippen LogP contribution in [-0.4, -0.2) is 38.2 Å². The summed E-state index contributed by atoms with van der Waals surface area (Å²) in [5.74, 6) is 1.06. The molecule has 122 valence electrons. The lowest BCUT2D eigenvalue weighted by molar-refractivity contribution is 0.417. The average molecular weight is 335 g/mol. The van der Waals surface area contributed by atoms with Crippen LogP contribution in [0.15, 0.2) is 34.9 Å². The lowest BCUT2D eigenvalue weighted by atomic mass is 10.2. The van der Waals surface area contributed by atoms with Crippen LogP contribution in [-0.2, 0) is 6.42 Å². The highest BCUT2D eigenvalue weighted by molar-refractivity contribution is 5.85. The van der Waals surface area contributed by atoms with Gasteiger partial charge in [-0.05, 0) is 33.0 Å². The van der Waals surface area contributed by atoms with Gasteiger partial charge in [-0.3, -0.25) is 0 Å². The van der Waals surface area contributed by atoms with E-state index < -0.39 is 0 Å². The van der Waals surface area contributed by atoms with Crippen molar-refractivity contribution >= 4 is 12.4 Å². The lowest BCUT2D eigenvalue weighted by Gasteiger charge is -2.04. The van der Waals surface area contributed by atoms with E-state index in [1.165, 1.54) is 0 Å². The van der Waals surface area contributed by atoms with Crippen LogP contribution < -0.4 is 5.32 Å². The first kappa shape index (κ1) is 17.1. The van der Waals surface area contributed by atoms with Crippen molar-refractivity contribution in [2.45, 2.75) is 26.3 Å². The van der Waals surface area contributed by atoms with Crippen molar-refractivity contribution in [3.63, 3.8) is 0 Å². The molecule has 7 nitrogen and oxygen atoms in total. The van der Waals surface area contributed by atoms with Crippen molar-refractivity contribution in [1.29, 1.82) is 0 Å². The minimum atomic E-state index is 0. The van der Waals surface area contributed by atoms with Crippen molar-refractivity contribution in [2.75, 3.05) is 7.05 Å². The molecule has 0 radical (unpaired) electrons. The molecule has 0 spiro atoms. The van der Waals surface area contributed by atoms with E-state index in [9.17, 15) is 0 Å². The molecule has 0 saturated heterocycles. The molecule has 2 aromatic heterocycles. The van der Waals surface area contributed by atoms with E-state index in [1.807, 2.05) is 44.3 Å². The Morgan fingerprint density at radius 2 is 2.00 bits per heavy atom. The molecule has 8 heteroatoms. The predicted molar refractivity (Wildman–Crippen MR) is 88.9 cm³/mol. The van der Waals surface area contributed by atoms with E-state index in [0.717, 1.165) is 11.4 Å². The molecule has 0 aliphatic carbocycles. The largest absolute Gasteiger partial charge is 0.332 e. The standard InChI is InChI=1S/C15H18N6O.ClH/c1-10(16-3)9-13-17-15(22-19-13)14-11(2)21(20-18-14)12-7-5-4-6-8-12;/h4-8,10,16H,9H2,1-3H3;1H. The fraction of sp³-hybridized carbons (Fsp3) is 0.333. The van der Waals surface area contributed by atoms with Crippen LogP contribution in [0, 0.1) is 6.92 Å². The summed E-state index contributed by atoms with van der Waals surface area (Å²) in [4.78, 5) is 4.40. The number of para-hydroxylation sites is 1. The molecule has 0 fully saturated rings. The molecule has 1 aromatic carbocycles. The van der Waals surface area contributed by atoms with E-state index in [0.29, 0.717) is 23.8 Å². The van der Waals surface area contributed by atoms with Crippen LogP contribution in [0.3, 0.4) is 0 Å². The third kappa shape index (κ3) is 3.57. The summed E-state index contributed by atoms with van der Waals surface area (Å²) < 4.78 is 7.08. The molecule has 0 bridgehead atoms. The molecule has 0 aliphatic rings. The molecular weight excluding hydrogens is 316 g/mol. The van der Waals surface area contributed by atoms with Crippen molar-refractivity contribution in [3.05, 3.63) is 41.9 Å². The zero-order valence-electron chi connectivity index (χ0n) is 13.2. The summed E-state index contributed by atoms with van der Waals surface area (Å²) >= 11 is 0. The van der Waals surface area contributed by atoms with Crippen LogP contribution in [0.2, 0.25) is 0 Å². The van der Waals surface area contributed by atoms with Crippen LogP contribution in [0.4, 0.5) is 0 Å². The summed E-state index contributed by atoms with van der Waals surface area (Å²) in [7, 11) is 1.90. The second kappa shape index (κ2) is 7.34. The van der Waals surface area contributed by atoms with Gasteiger partial charge in [-0.15, -0.1) is 17.5 Å². The Balaban J connectivity index is 0.00000192. The number of aromatic nitrogens is 5. The Morgan fingerprint density at radius 1 is 1.26 bits per heavy atom. The van der Waals surface area contributed by atoms with Gasteiger partial charge in [0.1, 0.15) is 0 Å². The minimum absolute atomic E-state index is 0. The first-order chi connectivity index (χ1) is 10.7. The molecule has 1 atom stereocenters. The van der Waals surface area contributed by atoms with Gasteiger partial charge in [-0.1, -0.05) is 28.6 Å². The molecule has 0 saturated carbocycles. The highest BCUT2D eigenvalue weighted by atomic mass is 35.5. The number of rotatable bonds is 5. The number of hydrogen-bond donors (Lipinski definition) is 1. The fourth-order valence-corrected chi connectivity index (χ4v) is 2.15. The van der Waals surface area contributed by atoms with Gasteiger partial charge in [0.2, 0.25) is 0 Å². The Bertz CT molecular complexity index is 754. The van der Waals surface area contributed by atoms with Crippen molar-refractivity contribution in [3.8, 4) is 17.3 Å². The normalized spacial score (nSPS) is 12.0. The summed E-state index contributed by atoms with van der Waals surface area (Å²) in [5.41, 5.74) is 2.42. The van der Waals surface area contributed by atoms with Crippen LogP contribution in [0.25, 0.3) is 17.3 Å². The number of likely N-dealkylation sites (N-methyl/N-ethyl adjacent to an activating group) is 1. The monoisotopic (exact) mass is 334 g/mol. The van der Waals surface area contributed by atoms with Crippen LogP contribution in [0.1, 0.15) is 18.4 Å². The van der Waals surface area contributed by atoms with E-state index in [1.54, 1.807) is 4.68 Å². The summed E-state index contributed by atoms with van der Waals surface area (Å²) in [6, 6.07) is 10.1. The minimum Gasteiger partial charge on any atom is -0.332 e. The Labute approximate surface area is 140 Å². The maximum Gasteiger partial charge on any atom is 0.280 e. The van der Waals surface area contributed by atoms with Gasteiger partial charge in [-0.25, -0.2) is 4.68 Å². The summed E-state index contributed by atoms with van der Waals surface area (Å²) in [6.07, 6.45) is 0.700. The quantitative estimate of drug-likeness (QED) is 0.770. The van der Waals surface area contributed by atoms with E-state index in [2.05, 4.69) is 32.7 Å². The summed E-state index contributed by atoms with van der Waals surface area (Å²) in [5, 5.41) is 15.5. The van der Waals surface area contributed by atoms with Crippen molar-refractivity contribution in [1.82, 2.24) is 30.5 Å². The van der Waals surface area contributed by atoms with Gasteiger partial charge in [0, 0.05) is 12.5 Å². The van der Waals surface area contributed by atoms with Gasteiger partial charge in [0.15, 0.2) is 11.5 Å². The Morgan fingerprint density at radius 3 is 2.70 bits per heavy atom. The number of benzene rings is 1. The fourth-order valence-electron chi connectivity index (χ4n) is 2.15. The van der Waals surface area contributed by atoms with Crippen molar-refractivity contribution < 1.29 is 4.52 Å².